The van der Waals surface area contributed by atoms with Crippen LogP contribution in [-0.4, -0.2) is 24.9 Å². The van der Waals surface area contributed by atoms with Gasteiger partial charge in [-0.2, -0.15) is 0 Å². The van der Waals surface area contributed by atoms with Gasteiger partial charge in [-0.1, -0.05) is 66.6 Å². The molecular weight excluding hydrogens is 410 g/mol. The molecule has 4 nitrogen and oxygen atoms in total. The zero-order valence-corrected chi connectivity index (χ0v) is 19.3. The van der Waals surface area contributed by atoms with Gasteiger partial charge >= 0.3 is 0 Å². The van der Waals surface area contributed by atoms with Crippen LogP contribution in [0.1, 0.15) is 36.6 Å². The second kappa shape index (κ2) is 10.6. The van der Waals surface area contributed by atoms with Crippen molar-refractivity contribution in [3.63, 3.8) is 0 Å². The van der Waals surface area contributed by atoms with Crippen LogP contribution < -0.4 is 10.1 Å². The lowest BCUT2D eigenvalue weighted by Gasteiger charge is -2.44. The predicted molar refractivity (Wildman–Crippen MR) is 132 cm³/mol. The summed E-state index contributed by atoms with van der Waals surface area (Å²) in [4.78, 5) is 0. The molecule has 0 fully saturated rings. The fourth-order valence-corrected chi connectivity index (χ4v) is 4.19. The van der Waals surface area contributed by atoms with Gasteiger partial charge in [-0.3, -0.25) is 0 Å². The highest BCUT2D eigenvalue weighted by molar-refractivity contribution is 5.54. The van der Waals surface area contributed by atoms with Crippen molar-refractivity contribution in [2.75, 3.05) is 18.5 Å². The maximum absolute atomic E-state index is 6.48. The molecule has 0 spiro atoms. The van der Waals surface area contributed by atoms with Gasteiger partial charge in [0.1, 0.15) is 30.2 Å². The Bertz CT molecular complexity index is 1070. The van der Waals surface area contributed by atoms with Crippen molar-refractivity contribution in [3.8, 4) is 18.1 Å². The van der Waals surface area contributed by atoms with Gasteiger partial charge in [-0.25, -0.2) is 0 Å². The molecule has 1 aliphatic rings. The Morgan fingerprint density at radius 1 is 0.939 bits per heavy atom. The first kappa shape index (κ1) is 22.9. The van der Waals surface area contributed by atoms with E-state index >= 15 is 0 Å². The first-order valence-corrected chi connectivity index (χ1v) is 11.4. The molecule has 1 N–H and O–H groups in total. The minimum Gasteiger partial charge on any atom is -0.485 e. The van der Waals surface area contributed by atoms with Gasteiger partial charge in [-0.15, -0.1) is 6.42 Å². The molecule has 0 saturated carbocycles. The van der Waals surface area contributed by atoms with Crippen LogP contribution in [0.15, 0.2) is 78.9 Å². The van der Waals surface area contributed by atoms with Gasteiger partial charge in [-0.05, 0) is 49.6 Å². The Morgan fingerprint density at radius 3 is 2.33 bits per heavy atom. The molecule has 2 unspecified atom stereocenters. The molecule has 4 heteroatoms. The van der Waals surface area contributed by atoms with E-state index in [0.717, 1.165) is 30.0 Å². The maximum Gasteiger partial charge on any atom is 0.132 e. The summed E-state index contributed by atoms with van der Waals surface area (Å²) >= 11 is 0. The first-order valence-electron chi connectivity index (χ1n) is 11.4. The van der Waals surface area contributed by atoms with Crippen LogP contribution in [0.25, 0.3) is 0 Å². The highest BCUT2D eigenvalue weighted by atomic mass is 16.6. The van der Waals surface area contributed by atoms with E-state index in [0.29, 0.717) is 6.61 Å². The summed E-state index contributed by atoms with van der Waals surface area (Å²) in [5.41, 5.74) is 3.86. The van der Waals surface area contributed by atoms with Crippen LogP contribution >= 0.6 is 0 Å². The van der Waals surface area contributed by atoms with Crippen molar-refractivity contribution in [1.82, 2.24) is 0 Å². The largest absolute Gasteiger partial charge is 0.485 e. The van der Waals surface area contributed by atoms with Crippen molar-refractivity contribution < 1.29 is 14.2 Å². The molecule has 0 aliphatic carbocycles. The lowest BCUT2D eigenvalue weighted by atomic mass is 9.87. The molecule has 0 radical (unpaired) electrons. The van der Waals surface area contributed by atoms with Crippen LogP contribution in [0, 0.1) is 12.3 Å². The van der Waals surface area contributed by atoms with E-state index in [2.05, 4.69) is 41.6 Å². The molecule has 170 valence electrons. The summed E-state index contributed by atoms with van der Waals surface area (Å²) in [6.07, 6.45) is 5.70. The number of rotatable bonds is 9. The number of benzene rings is 3. The third-order valence-electron chi connectivity index (χ3n) is 5.87. The minimum atomic E-state index is -0.583. The molecule has 1 heterocycles. The highest BCUT2D eigenvalue weighted by Crippen LogP contribution is 2.44. The molecule has 33 heavy (non-hydrogen) atoms. The number of terminal acetylenes is 1. The Hall–Kier alpha value is -3.26. The van der Waals surface area contributed by atoms with Gasteiger partial charge in [0.15, 0.2) is 0 Å². The van der Waals surface area contributed by atoms with E-state index < -0.39 is 5.60 Å². The van der Waals surface area contributed by atoms with E-state index in [1.54, 1.807) is 0 Å². The Kier molecular flexibility index (Phi) is 7.34. The average molecular weight is 442 g/mol. The van der Waals surface area contributed by atoms with Crippen LogP contribution in [0.2, 0.25) is 0 Å². The summed E-state index contributed by atoms with van der Waals surface area (Å²) in [6, 6.07) is 26.8. The summed E-state index contributed by atoms with van der Waals surface area (Å²) in [5.74, 6) is 3.40. The van der Waals surface area contributed by atoms with E-state index in [1.165, 1.54) is 11.1 Å². The first-order chi connectivity index (χ1) is 16.1. The third-order valence-corrected chi connectivity index (χ3v) is 5.87. The number of ether oxygens (including phenoxy) is 3. The average Bonchev–Trinajstić information content (AvgIpc) is 2.83. The van der Waals surface area contributed by atoms with Crippen LogP contribution in [0.5, 0.6) is 5.75 Å². The molecule has 0 aromatic heterocycles. The Morgan fingerprint density at radius 2 is 1.64 bits per heavy atom. The standard InChI is InChI=1S/C29H31NO3/c1-4-18-32-28-27(31-19-17-22-11-7-5-8-12-22)25-20-24(15-16-26(25)33-29(28,2)3)30-21-23-13-9-6-10-14-23/h1,5-16,20,27-28,30H,17-19,21H2,2-3H3. The Balaban J connectivity index is 1.56. The zero-order valence-electron chi connectivity index (χ0n) is 19.3. The molecule has 2 atom stereocenters. The molecule has 3 aromatic rings. The molecule has 0 bridgehead atoms. The number of hydrogen-bond acceptors (Lipinski definition) is 4. The van der Waals surface area contributed by atoms with E-state index in [9.17, 15) is 0 Å². The number of fused-ring (bicyclic) bond motifs is 1. The topological polar surface area (TPSA) is 39.7 Å². The van der Waals surface area contributed by atoms with Gasteiger partial charge in [0.25, 0.3) is 0 Å². The lowest BCUT2D eigenvalue weighted by Crippen LogP contribution is -2.51. The Labute approximate surface area is 196 Å². The van der Waals surface area contributed by atoms with Crippen molar-refractivity contribution in [1.29, 1.82) is 0 Å². The SMILES string of the molecule is C#CCOC1C(OCCc2ccccc2)c2cc(NCc3ccccc3)ccc2OC1(C)C. The number of anilines is 1. The van der Waals surface area contributed by atoms with Crippen molar-refractivity contribution >= 4 is 5.69 Å². The van der Waals surface area contributed by atoms with Crippen LogP contribution in [0.3, 0.4) is 0 Å². The van der Waals surface area contributed by atoms with Gasteiger partial charge < -0.3 is 19.5 Å². The third kappa shape index (κ3) is 5.76. The summed E-state index contributed by atoms with van der Waals surface area (Å²) in [5, 5.41) is 3.51. The van der Waals surface area contributed by atoms with Crippen LogP contribution in [0.4, 0.5) is 5.69 Å². The fourth-order valence-electron chi connectivity index (χ4n) is 4.19. The minimum absolute atomic E-state index is 0.206. The molecule has 3 aromatic carbocycles. The van der Waals surface area contributed by atoms with Gasteiger partial charge in [0.05, 0.1) is 6.61 Å². The lowest BCUT2D eigenvalue weighted by molar-refractivity contribution is -0.156. The molecule has 0 amide bonds. The summed E-state index contributed by atoms with van der Waals surface area (Å²) in [6.45, 7) is 5.56. The van der Waals surface area contributed by atoms with E-state index in [4.69, 9.17) is 20.6 Å². The fraction of sp³-hybridized carbons (Fsp3) is 0.310. The predicted octanol–water partition coefficient (Wildman–Crippen LogP) is 5.79. The molecule has 0 saturated heterocycles. The van der Waals surface area contributed by atoms with Gasteiger partial charge in [0.2, 0.25) is 0 Å². The van der Waals surface area contributed by atoms with Crippen LogP contribution in [-0.2, 0) is 22.4 Å². The second-order valence-electron chi connectivity index (χ2n) is 8.76. The monoisotopic (exact) mass is 441 g/mol. The summed E-state index contributed by atoms with van der Waals surface area (Å²) in [7, 11) is 0. The molecule has 1 aliphatic heterocycles. The smallest absolute Gasteiger partial charge is 0.132 e. The van der Waals surface area contributed by atoms with Crippen molar-refractivity contribution in [2.24, 2.45) is 0 Å². The highest BCUT2D eigenvalue weighted by Gasteiger charge is 2.45. The van der Waals surface area contributed by atoms with E-state index in [-0.39, 0.29) is 18.8 Å². The maximum atomic E-state index is 6.48. The number of hydrogen-bond donors (Lipinski definition) is 1. The van der Waals surface area contributed by atoms with Crippen molar-refractivity contribution in [3.05, 3.63) is 95.6 Å². The van der Waals surface area contributed by atoms with Gasteiger partial charge in [0, 0.05) is 17.8 Å². The number of nitrogens with one attached hydrogen (secondary N) is 1. The quantitative estimate of drug-likeness (QED) is 0.427. The van der Waals surface area contributed by atoms with E-state index in [1.807, 2.05) is 62.4 Å². The zero-order chi connectivity index (χ0) is 23.1. The molecule has 4 rings (SSSR count). The summed E-state index contributed by atoms with van der Waals surface area (Å²) < 4.78 is 18.9. The normalized spacial score (nSPS) is 18.6. The second-order valence-corrected chi connectivity index (χ2v) is 8.76. The molecular formula is C29H31NO3. The van der Waals surface area contributed by atoms with Crippen molar-refractivity contribution in [2.45, 2.75) is 44.6 Å².